The average Bonchev–Trinajstić information content (AvgIpc) is 2.91. The summed E-state index contributed by atoms with van der Waals surface area (Å²) in [5, 5.41) is 3.89. The third kappa shape index (κ3) is 2.74. The molecule has 0 aliphatic rings. The second kappa shape index (κ2) is 5.32. The predicted octanol–water partition coefficient (Wildman–Crippen LogP) is 3.74. The molecule has 0 unspecified atom stereocenters. The second-order valence-electron chi connectivity index (χ2n) is 4.96. The first-order valence-corrected chi connectivity index (χ1v) is 6.70. The molecule has 0 spiro atoms. The number of nitrogens with one attached hydrogen (secondary N) is 2. The molecule has 1 amide bonds. The van der Waals surface area contributed by atoms with Gasteiger partial charge in [0.1, 0.15) is 11.4 Å². The van der Waals surface area contributed by atoms with Crippen molar-refractivity contribution in [2.75, 3.05) is 12.4 Å². The van der Waals surface area contributed by atoms with E-state index in [1.54, 1.807) is 7.11 Å². The fourth-order valence-corrected chi connectivity index (χ4v) is 2.24. The highest BCUT2D eigenvalue weighted by Gasteiger charge is 2.10. The number of carbonyl (C=O) groups is 1. The Kier molecular flexibility index (Phi) is 3.36. The summed E-state index contributed by atoms with van der Waals surface area (Å²) in [6.45, 7) is 2.03. The van der Waals surface area contributed by atoms with Crippen molar-refractivity contribution in [1.82, 2.24) is 4.98 Å². The van der Waals surface area contributed by atoms with Gasteiger partial charge in [-0.1, -0.05) is 12.1 Å². The molecule has 1 aromatic heterocycles. The number of aryl methyl sites for hydroxylation is 1. The number of benzene rings is 2. The normalized spacial score (nSPS) is 10.6. The molecule has 21 heavy (non-hydrogen) atoms. The number of aromatic nitrogens is 1. The Labute approximate surface area is 122 Å². The van der Waals surface area contributed by atoms with Crippen LogP contribution in [0.1, 0.15) is 16.1 Å². The van der Waals surface area contributed by atoms with Crippen LogP contribution in [0.25, 0.3) is 10.9 Å². The SMILES string of the molecule is COc1ccc(NC(=O)c2cc3ccc(C)cc3[nH]2)cc1. The van der Waals surface area contributed by atoms with Crippen molar-refractivity contribution in [3.8, 4) is 5.75 Å². The van der Waals surface area contributed by atoms with Gasteiger partial charge in [-0.2, -0.15) is 0 Å². The predicted molar refractivity (Wildman–Crippen MR) is 84.0 cm³/mol. The molecule has 0 saturated heterocycles. The van der Waals surface area contributed by atoms with E-state index in [1.807, 2.05) is 55.5 Å². The zero-order valence-corrected chi connectivity index (χ0v) is 11.9. The monoisotopic (exact) mass is 280 g/mol. The molecule has 0 radical (unpaired) electrons. The minimum Gasteiger partial charge on any atom is -0.497 e. The largest absolute Gasteiger partial charge is 0.497 e. The second-order valence-corrected chi connectivity index (χ2v) is 4.96. The minimum atomic E-state index is -0.158. The first-order chi connectivity index (χ1) is 10.2. The lowest BCUT2D eigenvalue weighted by atomic mass is 10.2. The molecule has 2 N–H and O–H groups in total. The van der Waals surface area contributed by atoms with Crippen LogP contribution in [-0.2, 0) is 0 Å². The molecule has 2 aromatic carbocycles. The number of rotatable bonds is 3. The van der Waals surface area contributed by atoms with Crippen LogP contribution in [-0.4, -0.2) is 18.0 Å². The number of aromatic amines is 1. The molecule has 3 aromatic rings. The summed E-state index contributed by atoms with van der Waals surface area (Å²) >= 11 is 0. The Hall–Kier alpha value is -2.75. The van der Waals surface area contributed by atoms with Crippen molar-refractivity contribution in [1.29, 1.82) is 0 Å². The van der Waals surface area contributed by atoms with Gasteiger partial charge in [-0.05, 0) is 48.9 Å². The van der Waals surface area contributed by atoms with Gasteiger partial charge < -0.3 is 15.0 Å². The van der Waals surface area contributed by atoms with Gasteiger partial charge in [0.25, 0.3) is 5.91 Å². The smallest absolute Gasteiger partial charge is 0.272 e. The maximum Gasteiger partial charge on any atom is 0.272 e. The Morgan fingerprint density at radius 2 is 1.86 bits per heavy atom. The molecule has 0 saturated carbocycles. The number of hydrogen-bond acceptors (Lipinski definition) is 2. The van der Waals surface area contributed by atoms with E-state index in [0.29, 0.717) is 5.69 Å². The number of carbonyl (C=O) groups excluding carboxylic acids is 1. The van der Waals surface area contributed by atoms with Crippen molar-refractivity contribution < 1.29 is 9.53 Å². The minimum absolute atomic E-state index is 0.158. The number of H-pyrrole nitrogens is 1. The summed E-state index contributed by atoms with van der Waals surface area (Å²) in [7, 11) is 1.61. The van der Waals surface area contributed by atoms with Crippen LogP contribution in [0.15, 0.2) is 48.5 Å². The van der Waals surface area contributed by atoms with Gasteiger partial charge in [-0.15, -0.1) is 0 Å². The van der Waals surface area contributed by atoms with Gasteiger partial charge in [-0.3, -0.25) is 4.79 Å². The Balaban J connectivity index is 1.82. The summed E-state index contributed by atoms with van der Waals surface area (Å²) in [6, 6.07) is 15.2. The highest BCUT2D eigenvalue weighted by atomic mass is 16.5. The van der Waals surface area contributed by atoms with E-state index < -0.39 is 0 Å². The van der Waals surface area contributed by atoms with E-state index in [0.717, 1.165) is 27.9 Å². The molecule has 0 atom stereocenters. The summed E-state index contributed by atoms with van der Waals surface area (Å²) in [6.07, 6.45) is 0. The van der Waals surface area contributed by atoms with Gasteiger partial charge in [0.05, 0.1) is 7.11 Å². The van der Waals surface area contributed by atoms with Crippen LogP contribution in [0.2, 0.25) is 0 Å². The van der Waals surface area contributed by atoms with Crippen LogP contribution in [0.3, 0.4) is 0 Å². The lowest BCUT2D eigenvalue weighted by Gasteiger charge is -2.04. The standard InChI is InChI=1S/C17H16N2O2/c1-11-3-4-12-10-16(19-15(12)9-11)17(20)18-13-5-7-14(21-2)8-6-13/h3-10,19H,1-2H3,(H,18,20). The Morgan fingerprint density at radius 1 is 1.10 bits per heavy atom. The van der Waals surface area contributed by atoms with E-state index >= 15 is 0 Å². The van der Waals surface area contributed by atoms with Crippen molar-refractivity contribution in [3.05, 3.63) is 59.8 Å². The van der Waals surface area contributed by atoms with E-state index in [4.69, 9.17) is 4.74 Å². The maximum absolute atomic E-state index is 12.2. The van der Waals surface area contributed by atoms with E-state index in [2.05, 4.69) is 10.3 Å². The third-order valence-electron chi connectivity index (χ3n) is 3.37. The van der Waals surface area contributed by atoms with E-state index in [9.17, 15) is 4.79 Å². The fourth-order valence-electron chi connectivity index (χ4n) is 2.24. The third-order valence-corrected chi connectivity index (χ3v) is 3.37. The first kappa shape index (κ1) is 13.2. The van der Waals surface area contributed by atoms with Crippen molar-refractivity contribution in [2.24, 2.45) is 0 Å². The molecule has 0 fully saturated rings. The van der Waals surface area contributed by atoms with Gasteiger partial charge in [0, 0.05) is 16.6 Å². The van der Waals surface area contributed by atoms with Crippen molar-refractivity contribution in [2.45, 2.75) is 6.92 Å². The van der Waals surface area contributed by atoms with Gasteiger partial charge in [0.15, 0.2) is 0 Å². The van der Waals surface area contributed by atoms with Crippen molar-refractivity contribution >= 4 is 22.5 Å². The molecule has 0 aliphatic heterocycles. The van der Waals surface area contributed by atoms with Gasteiger partial charge in [-0.25, -0.2) is 0 Å². The summed E-state index contributed by atoms with van der Waals surface area (Å²) in [4.78, 5) is 15.4. The molecule has 4 nitrogen and oxygen atoms in total. The zero-order chi connectivity index (χ0) is 14.8. The van der Waals surface area contributed by atoms with Gasteiger partial charge >= 0.3 is 0 Å². The number of fused-ring (bicyclic) bond motifs is 1. The zero-order valence-electron chi connectivity index (χ0n) is 11.9. The molecule has 0 bridgehead atoms. The number of amides is 1. The van der Waals surface area contributed by atoms with Crippen molar-refractivity contribution in [3.63, 3.8) is 0 Å². The number of anilines is 1. The number of ether oxygens (including phenoxy) is 1. The van der Waals surface area contributed by atoms with Crippen LogP contribution >= 0.6 is 0 Å². The number of hydrogen-bond donors (Lipinski definition) is 2. The Morgan fingerprint density at radius 3 is 2.57 bits per heavy atom. The summed E-state index contributed by atoms with van der Waals surface area (Å²) in [5.74, 6) is 0.600. The summed E-state index contributed by atoms with van der Waals surface area (Å²) in [5.41, 5.74) is 3.41. The lowest BCUT2D eigenvalue weighted by Crippen LogP contribution is -2.12. The average molecular weight is 280 g/mol. The fraction of sp³-hybridized carbons (Fsp3) is 0.118. The van der Waals surface area contributed by atoms with E-state index in [-0.39, 0.29) is 5.91 Å². The quantitative estimate of drug-likeness (QED) is 0.768. The maximum atomic E-state index is 12.2. The summed E-state index contributed by atoms with van der Waals surface area (Å²) < 4.78 is 5.09. The molecular formula is C17H16N2O2. The topological polar surface area (TPSA) is 54.1 Å². The van der Waals surface area contributed by atoms with Gasteiger partial charge in [0.2, 0.25) is 0 Å². The van der Waals surface area contributed by atoms with Crippen LogP contribution in [0, 0.1) is 6.92 Å². The lowest BCUT2D eigenvalue weighted by molar-refractivity contribution is 0.102. The molecule has 0 aliphatic carbocycles. The highest BCUT2D eigenvalue weighted by Crippen LogP contribution is 2.19. The molecular weight excluding hydrogens is 264 g/mol. The van der Waals surface area contributed by atoms with Crippen LogP contribution < -0.4 is 10.1 Å². The molecule has 3 rings (SSSR count). The molecule has 1 heterocycles. The first-order valence-electron chi connectivity index (χ1n) is 6.70. The highest BCUT2D eigenvalue weighted by molar-refractivity contribution is 6.05. The Bertz CT molecular complexity index is 788. The van der Waals surface area contributed by atoms with E-state index in [1.165, 1.54) is 0 Å². The van der Waals surface area contributed by atoms with Crippen LogP contribution in [0.5, 0.6) is 5.75 Å². The molecule has 106 valence electrons. The van der Waals surface area contributed by atoms with Crippen LogP contribution in [0.4, 0.5) is 5.69 Å². The number of methoxy groups -OCH3 is 1. The molecule has 4 heteroatoms.